The van der Waals surface area contributed by atoms with Crippen molar-refractivity contribution in [3.63, 3.8) is 0 Å². The van der Waals surface area contributed by atoms with E-state index in [-0.39, 0.29) is 5.41 Å². The molecule has 0 aliphatic heterocycles. The number of nitriles is 1. The van der Waals surface area contributed by atoms with Crippen LogP contribution in [0.2, 0.25) is 0 Å². The summed E-state index contributed by atoms with van der Waals surface area (Å²) in [5.41, 5.74) is -0.603. The molecule has 2 nitrogen and oxygen atoms in total. The third-order valence-electron chi connectivity index (χ3n) is 2.81. The van der Waals surface area contributed by atoms with Crippen LogP contribution in [0.3, 0.4) is 0 Å². The van der Waals surface area contributed by atoms with Crippen molar-refractivity contribution >= 4 is 0 Å². The standard InChI is InChI=1S/C10H17NO/c1-9(2,3)8(12)10(7-11)5-4-6-10/h8,12H,4-6H2,1-3H3. The first-order chi connectivity index (χ1) is 5.42. The smallest absolute Gasteiger partial charge is 0.0837 e. The minimum absolute atomic E-state index is 0.170. The molecule has 1 fully saturated rings. The van der Waals surface area contributed by atoms with Crippen molar-refractivity contribution in [3.05, 3.63) is 0 Å². The summed E-state index contributed by atoms with van der Waals surface area (Å²) in [5, 5.41) is 18.9. The van der Waals surface area contributed by atoms with Gasteiger partial charge in [-0.2, -0.15) is 5.26 Å². The highest BCUT2D eigenvalue weighted by Crippen LogP contribution is 2.48. The second-order valence-corrected chi connectivity index (χ2v) is 4.89. The lowest BCUT2D eigenvalue weighted by atomic mass is 9.60. The van der Waals surface area contributed by atoms with Crippen LogP contribution >= 0.6 is 0 Å². The van der Waals surface area contributed by atoms with E-state index < -0.39 is 11.5 Å². The Morgan fingerprint density at radius 3 is 2.00 bits per heavy atom. The van der Waals surface area contributed by atoms with E-state index in [9.17, 15) is 5.11 Å². The third kappa shape index (κ3) is 1.34. The van der Waals surface area contributed by atoms with Gasteiger partial charge in [-0.15, -0.1) is 0 Å². The van der Waals surface area contributed by atoms with Crippen molar-refractivity contribution in [1.29, 1.82) is 5.26 Å². The molecule has 1 N–H and O–H groups in total. The summed E-state index contributed by atoms with van der Waals surface area (Å²) in [7, 11) is 0. The van der Waals surface area contributed by atoms with E-state index in [0.29, 0.717) is 0 Å². The second-order valence-electron chi connectivity index (χ2n) is 4.89. The Labute approximate surface area is 74.2 Å². The number of aliphatic hydroxyl groups excluding tert-OH is 1. The molecule has 1 rings (SSSR count). The highest BCUT2D eigenvalue weighted by molar-refractivity contribution is 5.11. The summed E-state index contributed by atoms with van der Waals surface area (Å²) in [5.74, 6) is 0. The molecule has 0 heterocycles. The summed E-state index contributed by atoms with van der Waals surface area (Å²) in [6.07, 6.45) is 2.33. The summed E-state index contributed by atoms with van der Waals surface area (Å²) >= 11 is 0. The van der Waals surface area contributed by atoms with Gasteiger partial charge in [0.2, 0.25) is 0 Å². The van der Waals surface area contributed by atoms with E-state index >= 15 is 0 Å². The van der Waals surface area contributed by atoms with Crippen LogP contribution in [0.4, 0.5) is 0 Å². The minimum atomic E-state index is -0.483. The summed E-state index contributed by atoms with van der Waals surface area (Å²) in [6, 6.07) is 2.27. The van der Waals surface area contributed by atoms with Crippen molar-refractivity contribution in [3.8, 4) is 6.07 Å². The summed E-state index contributed by atoms with van der Waals surface area (Å²) < 4.78 is 0. The molecular weight excluding hydrogens is 150 g/mol. The molecule has 0 saturated heterocycles. The molecular formula is C10H17NO. The first kappa shape index (κ1) is 9.54. The Kier molecular flexibility index (Phi) is 2.18. The Morgan fingerprint density at radius 2 is 1.92 bits per heavy atom. The van der Waals surface area contributed by atoms with Gasteiger partial charge in [-0.3, -0.25) is 0 Å². The molecule has 68 valence electrons. The van der Waals surface area contributed by atoms with Crippen LogP contribution in [0.15, 0.2) is 0 Å². The number of nitrogens with zero attached hydrogens (tertiary/aromatic N) is 1. The van der Waals surface area contributed by atoms with Gasteiger partial charge in [0.15, 0.2) is 0 Å². The van der Waals surface area contributed by atoms with E-state index in [1.165, 1.54) is 0 Å². The second kappa shape index (κ2) is 2.74. The maximum Gasteiger partial charge on any atom is 0.0837 e. The summed E-state index contributed by atoms with van der Waals surface area (Å²) in [6.45, 7) is 5.94. The lowest BCUT2D eigenvalue weighted by Crippen LogP contribution is -2.47. The maximum atomic E-state index is 9.93. The van der Waals surface area contributed by atoms with Crippen LogP contribution in [-0.4, -0.2) is 11.2 Å². The maximum absolute atomic E-state index is 9.93. The molecule has 1 aliphatic rings. The highest BCUT2D eigenvalue weighted by atomic mass is 16.3. The lowest BCUT2D eigenvalue weighted by molar-refractivity contribution is -0.0592. The fourth-order valence-electron chi connectivity index (χ4n) is 1.83. The average molecular weight is 167 g/mol. The van der Waals surface area contributed by atoms with Gasteiger partial charge < -0.3 is 5.11 Å². The van der Waals surface area contributed by atoms with E-state index in [1.807, 2.05) is 20.8 Å². The van der Waals surface area contributed by atoms with E-state index in [2.05, 4.69) is 6.07 Å². The zero-order valence-electron chi connectivity index (χ0n) is 8.09. The lowest BCUT2D eigenvalue weighted by Gasteiger charge is -2.44. The van der Waals surface area contributed by atoms with Crippen LogP contribution in [0.25, 0.3) is 0 Å². The van der Waals surface area contributed by atoms with Crippen molar-refractivity contribution in [1.82, 2.24) is 0 Å². The van der Waals surface area contributed by atoms with Crippen molar-refractivity contribution in [2.75, 3.05) is 0 Å². The van der Waals surface area contributed by atoms with Crippen LogP contribution in [0.1, 0.15) is 40.0 Å². The molecule has 0 bridgehead atoms. The Morgan fingerprint density at radius 1 is 1.42 bits per heavy atom. The molecule has 1 saturated carbocycles. The molecule has 0 aromatic carbocycles. The minimum Gasteiger partial charge on any atom is -0.391 e. The monoisotopic (exact) mass is 167 g/mol. The molecule has 12 heavy (non-hydrogen) atoms. The van der Waals surface area contributed by atoms with E-state index in [4.69, 9.17) is 5.26 Å². The Bertz CT molecular complexity index is 205. The van der Waals surface area contributed by atoms with E-state index in [1.54, 1.807) is 0 Å². The zero-order chi connectivity index (χ0) is 9.41. The number of rotatable bonds is 1. The van der Waals surface area contributed by atoms with Gasteiger partial charge in [-0.05, 0) is 18.3 Å². The molecule has 0 amide bonds. The van der Waals surface area contributed by atoms with Crippen LogP contribution < -0.4 is 0 Å². The topological polar surface area (TPSA) is 44.0 Å². The number of hydrogen-bond donors (Lipinski definition) is 1. The molecule has 0 aromatic heterocycles. The van der Waals surface area contributed by atoms with Gasteiger partial charge >= 0.3 is 0 Å². The van der Waals surface area contributed by atoms with Gasteiger partial charge in [-0.1, -0.05) is 27.2 Å². The van der Waals surface area contributed by atoms with Gasteiger partial charge in [0.05, 0.1) is 17.6 Å². The average Bonchev–Trinajstić information content (AvgIpc) is 1.84. The molecule has 0 aromatic rings. The zero-order valence-corrected chi connectivity index (χ0v) is 8.09. The van der Waals surface area contributed by atoms with Gasteiger partial charge in [0, 0.05) is 0 Å². The predicted molar refractivity (Wildman–Crippen MR) is 47.4 cm³/mol. The molecule has 2 heteroatoms. The van der Waals surface area contributed by atoms with Gasteiger partial charge in [-0.25, -0.2) is 0 Å². The summed E-state index contributed by atoms with van der Waals surface area (Å²) in [4.78, 5) is 0. The fraction of sp³-hybridized carbons (Fsp3) is 0.900. The molecule has 1 atom stereocenters. The molecule has 0 radical (unpaired) electrons. The number of aliphatic hydroxyl groups is 1. The highest BCUT2D eigenvalue weighted by Gasteiger charge is 2.48. The third-order valence-corrected chi connectivity index (χ3v) is 2.81. The van der Waals surface area contributed by atoms with Crippen LogP contribution in [0, 0.1) is 22.2 Å². The largest absolute Gasteiger partial charge is 0.391 e. The molecule has 1 aliphatic carbocycles. The molecule has 0 spiro atoms. The fourth-order valence-corrected chi connectivity index (χ4v) is 1.83. The van der Waals surface area contributed by atoms with Gasteiger partial charge in [0.25, 0.3) is 0 Å². The Hall–Kier alpha value is -0.550. The normalized spacial score (nSPS) is 23.9. The van der Waals surface area contributed by atoms with Crippen molar-refractivity contribution in [2.45, 2.75) is 46.1 Å². The molecule has 1 unspecified atom stereocenters. The van der Waals surface area contributed by atoms with Crippen molar-refractivity contribution in [2.24, 2.45) is 10.8 Å². The Balaban J connectivity index is 2.75. The van der Waals surface area contributed by atoms with Crippen LogP contribution in [0.5, 0.6) is 0 Å². The first-order valence-corrected chi connectivity index (χ1v) is 4.52. The van der Waals surface area contributed by atoms with Crippen molar-refractivity contribution < 1.29 is 5.11 Å². The quantitative estimate of drug-likeness (QED) is 0.649. The van der Waals surface area contributed by atoms with Gasteiger partial charge in [0.1, 0.15) is 0 Å². The predicted octanol–water partition coefficient (Wildman–Crippen LogP) is 2.09. The van der Waals surface area contributed by atoms with Crippen LogP contribution in [-0.2, 0) is 0 Å². The van der Waals surface area contributed by atoms with E-state index in [0.717, 1.165) is 19.3 Å². The SMILES string of the molecule is CC(C)(C)C(O)C1(C#N)CCC1. The number of hydrogen-bond acceptors (Lipinski definition) is 2. The first-order valence-electron chi connectivity index (χ1n) is 4.52.